The molecule has 5 aliphatic rings. The lowest BCUT2D eigenvalue weighted by atomic mass is 9.79. The second kappa shape index (κ2) is 44.7. The van der Waals surface area contributed by atoms with E-state index in [4.69, 9.17) is 90.0 Å². The van der Waals surface area contributed by atoms with E-state index in [0.717, 1.165) is 55.6 Å². The summed E-state index contributed by atoms with van der Waals surface area (Å²) in [6, 6.07) is 96.7. The van der Waals surface area contributed by atoms with E-state index in [-0.39, 0.29) is 85.9 Å². The minimum atomic E-state index is -1.49. The van der Waals surface area contributed by atoms with Crippen LogP contribution >= 0.6 is 0 Å². The van der Waals surface area contributed by atoms with E-state index in [1.807, 2.05) is 317 Å². The van der Waals surface area contributed by atoms with Gasteiger partial charge in [0.2, 0.25) is 0 Å². The highest BCUT2D eigenvalue weighted by Gasteiger charge is 2.62. The van der Waals surface area contributed by atoms with Gasteiger partial charge in [0.1, 0.15) is 85.4 Å². The van der Waals surface area contributed by atoms with Gasteiger partial charge in [-0.1, -0.05) is 315 Å². The molecule has 21 unspecified atom stereocenters. The fourth-order valence-corrected chi connectivity index (χ4v) is 16.5. The lowest BCUT2D eigenvalue weighted by Gasteiger charge is -2.51. The van der Waals surface area contributed by atoms with Crippen LogP contribution in [0.1, 0.15) is 83.3 Å². The van der Waals surface area contributed by atoms with Gasteiger partial charge in [-0.3, -0.25) is 4.79 Å². The van der Waals surface area contributed by atoms with Gasteiger partial charge in [0.05, 0.1) is 98.1 Å². The highest BCUT2D eigenvalue weighted by atomic mass is 16.8. The molecule has 23 heteroatoms. The van der Waals surface area contributed by atoms with Crippen LogP contribution in [0.25, 0.3) is 10.4 Å². The van der Waals surface area contributed by atoms with E-state index in [1.165, 1.54) is 6.92 Å². The highest BCUT2D eigenvalue weighted by molar-refractivity contribution is 5.66. The Morgan fingerprint density at radius 2 is 0.602 bits per heavy atom. The van der Waals surface area contributed by atoms with Crippen LogP contribution in [0.4, 0.5) is 0 Å². The number of rotatable bonds is 41. The third-order valence-corrected chi connectivity index (χ3v) is 22.5. The number of hydrogen-bond acceptors (Lipinski definition) is 21. The van der Waals surface area contributed by atoms with Crippen molar-refractivity contribution in [3.05, 3.63) is 369 Å². The molecule has 0 amide bonds. The summed E-state index contributed by atoms with van der Waals surface area (Å²) in [5, 5.41) is 4.66. The maximum atomic E-state index is 13.9. The van der Waals surface area contributed by atoms with Gasteiger partial charge in [-0.05, 0) is 75.0 Å². The van der Waals surface area contributed by atoms with Crippen molar-refractivity contribution in [3.8, 4) is 0 Å². The van der Waals surface area contributed by atoms with Gasteiger partial charge in [-0.15, -0.1) is 0 Å². The fourth-order valence-electron chi connectivity index (χ4n) is 16.5. The van der Waals surface area contributed by atoms with E-state index < -0.39 is 140 Å². The summed E-state index contributed by atoms with van der Waals surface area (Å²) in [5.74, 6) is -2.17. The normalized spacial score (nSPS) is 27.9. The Kier molecular flexibility index (Phi) is 32.1. The second-order valence-electron chi connectivity index (χ2n) is 31.9. The van der Waals surface area contributed by atoms with Crippen LogP contribution in [0.3, 0.4) is 0 Å². The van der Waals surface area contributed by atoms with Crippen LogP contribution in [0, 0.1) is 5.92 Å². The SMILES string of the molecule is CC(=O)OC1C(OCC2OC(OC3C(COCc4ccccc4)OC(OC4C(OCc5ccccc5)C(C)C(OCc5ccccc5)C5OC(C)(C)OC45)C(N=[N+]=[N-])C3OCc3ccccc3)C(OCc3ccccc3)C(OCc3ccccc3)C2OCc2ccccc2)OC(COCc2ccccc2)C(OCc2ccccc2)C1OCc1ccccc1. The van der Waals surface area contributed by atoms with E-state index in [1.54, 1.807) is 0 Å². The molecular weight excluding hydrogens is 1560 g/mol. The number of carbonyl (C=O) groups excluding carboxylic acids is 1. The van der Waals surface area contributed by atoms with Crippen molar-refractivity contribution in [2.45, 2.75) is 222 Å². The molecule has 0 radical (unpaired) electrons. The van der Waals surface area contributed by atoms with Crippen molar-refractivity contribution in [3.63, 3.8) is 0 Å². The zero-order chi connectivity index (χ0) is 84.4. The first-order valence-electron chi connectivity index (χ1n) is 42.4. The third-order valence-electron chi connectivity index (χ3n) is 22.5. The molecule has 0 spiro atoms. The predicted octanol–water partition coefficient (Wildman–Crippen LogP) is 16.8. The van der Waals surface area contributed by atoms with Gasteiger partial charge in [0.25, 0.3) is 0 Å². The maximum absolute atomic E-state index is 13.9. The van der Waals surface area contributed by atoms with Crippen LogP contribution in [-0.2, 0) is 161 Å². The Hall–Kier alpha value is -9.74. The van der Waals surface area contributed by atoms with Gasteiger partial charge in [-0.2, -0.15) is 0 Å². The summed E-state index contributed by atoms with van der Waals surface area (Å²) >= 11 is 0. The smallest absolute Gasteiger partial charge is 0.303 e. The molecule has 0 N–H and O–H groups in total. The molecule has 5 fully saturated rings. The maximum Gasteiger partial charge on any atom is 0.303 e. The second-order valence-corrected chi connectivity index (χ2v) is 31.9. The molecule has 23 nitrogen and oxygen atoms in total. The summed E-state index contributed by atoms with van der Waals surface area (Å²) in [4.78, 5) is 17.5. The molecule has 123 heavy (non-hydrogen) atoms. The van der Waals surface area contributed by atoms with E-state index in [9.17, 15) is 10.3 Å². The van der Waals surface area contributed by atoms with Gasteiger partial charge < -0.3 is 90.0 Å². The highest BCUT2D eigenvalue weighted by Crippen LogP contribution is 2.46. The Morgan fingerprint density at radius 1 is 0.317 bits per heavy atom. The number of fused-ring (bicyclic) bond motifs is 1. The third kappa shape index (κ3) is 24.5. The molecule has 0 bridgehead atoms. The van der Waals surface area contributed by atoms with Gasteiger partial charge >= 0.3 is 5.97 Å². The molecule has 4 heterocycles. The van der Waals surface area contributed by atoms with Crippen LogP contribution < -0.4 is 0 Å². The molecule has 0 aromatic heterocycles. The minimum absolute atomic E-state index is 0.00882. The molecule has 1 aliphatic carbocycles. The number of carbonyl (C=O) groups is 1. The minimum Gasteiger partial charge on any atom is -0.454 e. The summed E-state index contributed by atoms with van der Waals surface area (Å²) in [7, 11) is 0. The van der Waals surface area contributed by atoms with Crippen LogP contribution in [-0.4, -0.2) is 154 Å². The Balaban J connectivity index is 0.837. The standard InChI is InChI=1S/C100H109N3O20/c1-68-84(107-57-72-39-19-7-20-40-72)92(94-93(122-100(3,4)123-94)85(68)108-58-73-41-21-8-22-42-73)121-97-83(102-103-101)89(111-61-76-47-27-11-28-48-76)88(81(117-97)66-106-56-71-37-17-6-18-38-71)120-99-95(114-64-79-53-33-14-34-54-79)90(112-62-77-49-29-12-30-50-77)87(110-60-75-45-25-10-26-46-75)82(119-99)67-115-98-96(116-69(2)104)91(113-63-78-51-31-13-32-52-78)86(109-59-74-43-23-9-24-44-74)80(118-98)65-105-55-70-35-15-5-16-36-70/h5-54,68,80-99H,55-67H2,1-4H3. The Morgan fingerprint density at radius 3 is 0.976 bits per heavy atom. The molecule has 15 rings (SSSR count). The summed E-state index contributed by atoms with van der Waals surface area (Å²) in [5.41, 5.74) is 20.0. The summed E-state index contributed by atoms with van der Waals surface area (Å²) in [6.45, 7) is 7.86. The molecule has 10 aromatic rings. The number of ether oxygens (including phenoxy) is 19. The monoisotopic (exact) mass is 1670 g/mol. The van der Waals surface area contributed by atoms with Gasteiger partial charge in [0, 0.05) is 17.8 Å². The zero-order valence-electron chi connectivity index (χ0n) is 69.7. The van der Waals surface area contributed by atoms with Crippen LogP contribution in [0.5, 0.6) is 0 Å². The number of benzene rings is 10. The molecule has 10 aromatic carbocycles. The molecule has 21 atom stereocenters. The van der Waals surface area contributed by atoms with Crippen LogP contribution in [0.15, 0.2) is 308 Å². The van der Waals surface area contributed by atoms with Crippen molar-refractivity contribution in [1.29, 1.82) is 0 Å². The van der Waals surface area contributed by atoms with Gasteiger partial charge in [-0.25, -0.2) is 0 Å². The number of azide groups is 1. The Bertz CT molecular complexity index is 4780. The Labute approximate surface area is 719 Å². The lowest BCUT2D eigenvalue weighted by molar-refractivity contribution is -0.376. The average Bonchev–Trinajstić information content (AvgIpc) is 1.71. The van der Waals surface area contributed by atoms with Crippen LogP contribution in [0.2, 0.25) is 0 Å². The largest absolute Gasteiger partial charge is 0.454 e. The molecule has 644 valence electrons. The number of hydrogen-bond donors (Lipinski definition) is 0. The van der Waals surface area contributed by atoms with E-state index >= 15 is 0 Å². The first-order chi connectivity index (χ1) is 60.4. The summed E-state index contributed by atoms with van der Waals surface area (Å²) < 4.78 is 137. The van der Waals surface area contributed by atoms with Crippen molar-refractivity contribution in [2.24, 2.45) is 11.0 Å². The van der Waals surface area contributed by atoms with Crippen molar-refractivity contribution < 1.29 is 94.8 Å². The van der Waals surface area contributed by atoms with Crippen molar-refractivity contribution in [2.75, 3.05) is 19.8 Å². The fraction of sp³-hybridized carbons (Fsp3) is 0.390. The molecule has 4 saturated heterocycles. The topological polar surface area (TPSA) is 241 Å². The van der Waals surface area contributed by atoms with Crippen molar-refractivity contribution in [1.82, 2.24) is 0 Å². The number of nitrogens with zero attached hydrogens (tertiary/aromatic N) is 3. The molecule has 4 aliphatic heterocycles. The zero-order valence-corrected chi connectivity index (χ0v) is 69.7. The predicted molar refractivity (Wildman–Crippen MR) is 456 cm³/mol. The number of esters is 1. The first-order valence-corrected chi connectivity index (χ1v) is 42.4. The van der Waals surface area contributed by atoms with E-state index in [0.29, 0.717) is 0 Å². The van der Waals surface area contributed by atoms with Crippen molar-refractivity contribution >= 4 is 5.97 Å². The first kappa shape index (κ1) is 88.1. The average molecular weight is 1670 g/mol. The quantitative estimate of drug-likeness (QED) is 0.0150. The lowest BCUT2D eigenvalue weighted by Crippen LogP contribution is -2.67. The molecule has 1 saturated carbocycles. The molecular formula is C100H109N3O20. The van der Waals surface area contributed by atoms with E-state index in [2.05, 4.69) is 16.9 Å². The van der Waals surface area contributed by atoms with Gasteiger partial charge in [0.15, 0.2) is 30.8 Å². The summed E-state index contributed by atoms with van der Waals surface area (Å²) in [6.07, 6.45) is -20.5.